The van der Waals surface area contributed by atoms with Gasteiger partial charge in [0, 0.05) is 0 Å². The Bertz CT molecular complexity index is 287. The molecule has 0 aliphatic rings. The molecule has 1 aromatic rings. The largest absolute Gasteiger partial charge is 0.390 e. The fourth-order valence-corrected chi connectivity index (χ4v) is 0.735. The van der Waals surface area contributed by atoms with Gasteiger partial charge in [0.2, 0.25) is 0 Å². The Kier molecular flexibility index (Phi) is 2.81. The lowest BCUT2D eigenvalue weighted by molar-refractivity contribution is 0.0388. The fraction of sp³-hybridized carbons (Fsp3) is 0.600. The molecule has 8 heteroatoms. The maximum atomic E-state index is 12.0. The minimum absolute atomic E-state index is 0.160. The van der Waals surface area contributed by atoms with Gasteiger partial charge in [0.15, 0.2) is 5.69 Å². The van der Waals surface area contributed by atoms with Crippen molar-refractivity contribution < 1.29 is 22.7 Å². The van der Waals surface area contributed by atoms with E-state index in [0.29, 0.717) is 0 Å². The van der Waals surface area contributed by atoms with E-state index in [1.807, 2.05) is 0 Å². The van der Waals surface area contributed by atoms with Gasteiger partial charge in [0.1, 0.15) is 5.69 Å². The number of aliphatic hydroxyl groups excluding tert-OH is 1. The van der Waals surface area contributed by atoms with E-state index in [-0.39, 0.29) is 4.80 Å². The minimum atomic E-state index is -3.09. The van der Waals surface area contributed by atoms with Crippen LogP contribution in [0.3, 0.4) is 0 Å². The Morgan fingerprint density at radius 2 is 1.85 bits per heavy atom. The molecule has 1 rings (SSSR count). The van der Waals surface area contributed by atoms with Gasteiger partial charge in [0.05, 0.1) is 6.61 Å². The average molecular weight is 199 g/mol. The molecule has 0 amide bonds. The number of alkyl halides is 4. The lowest BCUT2D eigenvalue weighted by Crippen LogP contribution is -2.02. The van der Waals surface area contributed by atoms with Gasteiger partial charge in [-0.15, -0.1) is 9.90 Å². The highest BCUT2D eigenvalue weighted by atomic mass is 19.3. The van der Waals surface area contributed by atoms with Crippen LogP contribution in [0.4, 0.5) is 17.6 Å². The van der Waals surface area contributed by atoms with E-state index in [9.17, 15) is 17.6 Å². The molecule has 0 atom stereocenters. The van der Waals surface area contributed by atoms with Gasteiger partial charge in [-0.3, -0.25) is 0 Å². The van der Waals surface area contributed by atoms with Crippen LogP contribution in [0.2, 0.25) is 0 Å². The summed E-state index contributed by atoms with van der Waals surface area (Å²) in [5.74, 6) is 0. The predicted octanol–water partition coefficient (Wildman–Crippen LogP) is 1.10. The summed E-state index contributed by atoms with van der Waals surface area (Å²) in [6, 6.07) is 0. The molecular formula is C5H5F4N3O. The molecule has 74 valence electrons. The summed E-state index contributed by atoms with van der Waals surface area (Å²) in [6.07, 6.45) is -3.02. The summed E-state index contributed by atoms with van der Waals surface area (Å²) >= 11 is 0. The molecule has 0 radical (unpaired) electrons. The first kappa shape index (κ1) is 9.90. The maximum Gasteiger partial charge on any atom is 0.348 e. The number of aromatic nitrogens is 3. The van der Waals surface area contributed by atoms with Gasteiger partial charge in [-0.05, 0) is 0 Å². The van der Waals surface area contributed by atoms with Crippen LogP contribution in [-0.4, -0.2) is 20.1 Å². The van der Waals surface area contributed by atoms with Crippen molar-refractivity contribution in [2.45, 2.75) is 19.6 Å². The molecule has 0 unspecified atom stereocenters. The van der Waals surface area contributed by atoms with Crippen molar-refractivity contribution in [3.8, 4) is 0 Å². The molecule has 0 aromatic carbocycles. The maximum absolute atomic E-state index is 12.0. The van der Waals surface area contributed by atoms with Crippen molar-refractivity contribution in [3.05, 3.63) is 11.4 Å². The Labute approximate surface area is 69.8 Å². The van der Waals surface area contributed by atoms with Crippen molar-refractivity contribution in [1.29, 1.82) is 0 Å². The number of hydrogen-bond acceptors (Lipinski definition) is 3. The molecule has 0 bridgehead atoms. The normalized spacial score (nSPS) is 11.6. The number of hydrogen-bond donors (Lipinski definition) is 1. The van der Waals surface area contributed by atoms with Gasteiger partial charge >= 0.3 is 6.55 Å². The number of rotatable bonds is 3. The zero-order valence-corrected chi connectivity index (χ0v) is 6.16. The predicted molar refractivity (Wildman–Crippen MR) is 32.2 cm³/mol. The van der Waals surface area contributed by atoms with E-state index in [4.69, 9.17) is 5.11 Å². The van der Waals surface area contributed by atoms with Crippen LogP contribution in [0, 0.1) is 0 Å². The average Bonchev–Trinajstić information content (AvgIpc) is 2.47. The van der Waals surface area contributed by atoms with Crippen molar-refractivity contribution in [1.82, 2.24) is 15.0 Å². The van der Waals surface area contributed by atoms with Crippen LogP contribution in [-0.2, 0) is 6.61 Å². The van der Waals surface area contributed by atoms with Crippen LogP contribution in [0.25, 0.3) is 0 Å². The van der Waals surface area contributed by atoms with E-state index in [0.717, 1.165) is 0 Å². The summed E-state index contributed by atoms with van der Waals surface area (Å²) in [7, 11) is 0. The quantitative estimate of drug-likeness (QED) is 0.741. The second-order valence-electron chi connectivity index (χ2n) is 2.09. The smallest absolute Gasteiger partial charge is 0.348 e. The van der Waals surface area contributed by atoms with Crippen LogP contribution in [0.15, 0.2) is 0 Å². The third kappa shape index (κ3) is 1.94. The number of nitrogens with zero attached hydrogens (tertiary/aromatic N) is 3. The Morgan fingerprint density at radius 1 is 1.23 bits per heavy atom. The van der Waals surface area contributed by atoms with E-state index < -0.39 is 31.0 Å². The standard InChI is InChI=1S/C5H5F4N3O/c6-4(7)3-2(1-13)10-12(11-3)5(8)9/h4-5,13H,1H2. The Morgan fingerprint density at radius 3 is 2.15 bits per heavy atom. The van der Waals surface area contributed by atoms with E-state index in [2.05, 4.69) is 10.2 Å². The second-order valence-corrected chi connectivity index (χ2v) is 2.09. The molecule has 1 N–H and O–H groups in total. The van der Waals surface area contributed by atoms with Gasteiger partial charge in [-0.1, -0.05) is 0 Å². The lowest BCUT2D eigenvalue weighted by Gasteiger charge is -1.93. The van der Waals surface area contributed by atoms with E-state index in [1.165, 1.54) is 0 Å². The molecule has 4 nitrogen and oxygen atoms in total. The molecule has 1 heterocycles. The molecule has 0 fully saturated rings. The van der Waals surface area contributed by atoms with Crippen molar-refractivity contribution in [3.63, 3.8) is 0 Å². The van der Waals surface area contributed by atoms with Crippen LogP contribution in [0.1, 0.15) is 24.4 Å². The van der Waals surface area contributed by atoms with E-state index >= 15 is 0 Å². The van der Waals surface area contributed by atoms with Crippen molar-refractivity contribution >= 4 is 0 Å². The third-order valence-electron chi connectivity index (χ3n) is 1.26. The second kappa shape index (κ2) is 3.69. The summed E-state index contributed by atoms with van der Waals surface area (Å²) in [6.45, 7) is -3.93. The highest BCUT2D eigenvalue weighted by Crippen LogP contribution is 2.20. The molecule has 0 aliphatic carbocycles. The van der Waals surface area contributed by atoms with Crippen LogP contribution >= 0.6 is 0 Å². The lowest BCUT2D eigenvalue weighted by atomic mass is 10.3. The molecule has 1 aromatic heterocycles. The zero-order valence-electron chi connectivity index (χ0n) is 6.16. The van der Waals surface area contributed by atoms with Crippen LogP contribution in [0.5, 0.6) is 0 Å². The highest BCUT2D eigenvalue weighted by molar-refractivity contribution is 5.08. The SMILES string of the molecule is OCc1nn(C(F)F)nc1C(F)F. The van der Waals surface area contributed by atoms with E-state index in [1.54, 1.807) is 0 Å². The fourth-order valence-electron chi connectivity index (χ4n) is 0.735. The monoisotopic (exact) mass is 199 g/mol. The summed E-state index contributed by atoms with van der Waals surface area (Å²) in [5.41, 5.74) is -1.45. The molecule has 0 saturated carbocycles. The van der Waals surface area contributed by atoms with Gasteiger partial charge < -0.3 is 5.11 Å². The zero-order chi connectivity index (χ0) is 10.0. The molecule has 0 saturated heterocycles. The molecule has 0 spiro atoms. The summed E-state index contributed by atoms with van der Waals surface area (Å²) in [4.78, 5) is -0.160. The first-order valence-electron chi connectivity index (χ1n) is 3.19. The molecule has 13 heavy (non-hydrogen) atoms. The van der Waals surface area contributed by atoms with Gasteiger partial charge in [0.25, 0.3) is 6.43 Å². The summed E-state index contributed by atoms with van der Waals surface area (Å²) in [5, 5.41) is 14.3. The van der Waals surface area contributed by atoms with Crippen LogP contribution < -0.4 is 0 Å². The van der Waals surface area contributed by atoms with Gasteiger partial charge in [-0.25, -0.2) is 8.78 Å². The molecular weight excluding hydrogens is 194 g/mol. The third-order valence-corrected chi connectivity index (χ3v) is 1.26. The Hall–Kier alpha value is -1.18. The molecule has 0 aliphatic heterocycles. The number of aliphatic hydroxyl groups is 1. The summed E-state index contributed by atoms with van der Waals surface area (Å²) < 4.78 is 47.8. The van der Waals surface area contributed by atoms with Crippen molar-refractivity contribution in [2.24, 2.45) is 0 Å². The Balaban J connectivity index is 3.04. The van der Waals surface area contributed by atoms with Gasteiger partial charge in [-0.2, -0.15) is 13.9 Å². The van der Waals surface area contributed by atoms with Crippen molar-refractivity contribution in [2.75, 3.05) is 0 Å². The minimum Gasteiger partial charge on any atom is -0.390 e. The number of halogens is 4. The first-order valence-corrected chi connectivity index (χ1v) is 3.19. The highest BCUT2D eigenvalue weighted by Gasteiger charge is 2.21. The first-order chi connectivity index (χ1) is 6.06. The topological polar surface area (TPSA) is 50.9 Å².